The van der Waals surface area contributed by atoms with E-state index in [-0.39, 0.29) is 11.7 Å². The SMILES string of the molecule is COc1cc(F)ccc1NC(=O)c1cc(Br)ccc1Br. The number of benzene rings is 2. The number of carbonyl (C=O) groups is 1. The second-order valence-electron chi connectivity index (χ2n) is 3.92. The molecule has 0 heterocycles. The Bertz CT molecular complexity index is 662. The van der Waals surface area contributed by atoms with Gasteiger partial charge in [0.25, 0.3) is 5.91 Å². The molecule has 6 heteroatoms. The van der Waals surface area contributed by atoms with E-state index in [1.807, 2.05) is 6.07 Å². The molecule has 0 radical (unpaired) electrons. The van der Waals surface area contributed by atoms with Gasteiger partial charge in [-0.3, -0.25) is 4.79 Å². The van der Waals surface area contributed by atoms with Crippen molar-refractivity contribution in [1.82, 2.24) is 0 Å². The molecular weight excluding hydrogens is 393 g/mol. The van der Waals surface area contributed by atoms with Crippen LogP contribution in [0.5, 0.6) is 5.75 Å². The van der Waals surface area contributed by atoms with Gasteiger partial charge in [-0.1, -0.05) is 15.9 Å². The largest absolute Gasteiger partial charge is 0.494 e. The quantitative estimate of drug-likeness (QED) is 0.813. The van der Waals surface area contributed by atoms with E-state index in [1.54, 1.807) is 12.1 Å². The lowest BCUT2D eigenvalue weighted by atomic mass is 10.2. The van der Waals surface area contributed by atoms with Gasteiger partial charge in [0.15, 0.2) is 0 Å². The average molecular weight is 403 g/mol. The van der Waals surface area contributed by atoms with E-state index in [2.05, 4.69) is 37.2 Å². The molecule has 2 aromatic rings. The van der Waals surface area contributed by atoms with Gasteiger partial charge in [-0.2, -0.15) is 0 Å². The maximum absolute atomic E-state index is 13.1. The summed E-state index contributed by atoms with van der Waals surface area (Å²) in [6, 6.07) is 9.20. The Morgan fingerprint density at radius 1 is 1.20 bits per heavy atom. The maximum atomic E-state index is 13.1. The van der Waals surface area contributed by atoms with E-state index in [0.29, 0.717) is 15.7 Å². The van der Waals surface area contributed by atoms with E-state index in [0.717, 1.165) is 4.47 Å². The molecule has 0 fully saturated rings. The van der Waals surface area contributed by atoms with Crippen LogP contribution in [0.15, 0.2) is 45.3 Å². The van der Waals surface area contributed by atoms with E-state index in [1.165, 1.54) is 25.3 Å². The van der Waals surface area contributed by atoms with E-state index < -0.39 is 5.82 Å². The van der Waals surface area contributed by atoms with E-state index in [9.17, 15) is 9.18 Å². The lowest BCUT2D eigenvalue weighted by Gasteiger charge is -2.11. The number of rotatable bonds is 3. The third-order valence-corrected chi connectivity index (χ3v) is 3.77. The number of anilines is 1. The van der Waals surface area contributed by atoms with E-state index >= 15 is 0 Å². The average Bonchev–Trinajstić information content (AvgIpc) is 2.43. The number of halogens is 3. The standard InChI is InChI=1S/C14H10Br2FNO2/c1-20-13-7-9(17)3-5-12(13)18-14(19)10-6-8(15)2-4-11(10)16/h2-7H,1H3,(H,18,19). The van der Waals surface area contributed by atoms with Gasteiger partial charge in [0.1, 0.15) is 11.6 Å². The molecule has 1 amide bonds. The number of hydrogen-bond donors (Lipinski definition) is 1. The summed E-state index contributed by atoms with van der Waals surface area (Å²) in [6.07, 6.45) is 0. The molecular formula is C14H10Br2FNO2. The zero-order valence-electron chi connectivity index (χ0n) is 10.4. The highest BCUT2D eigenvalue weighted by atomic mass is 79.9. The molecule has 20 heavy (non-hydrogen) atoms. The summed E-state index contributed by atoms with van der Waals surface area (Å²) in [4.78, 5) is 12.2. The summed E-state index contributed by atoms with van der Waals surface area (Å²) in [7, 11) is 1.42. The topological polar surface area (TPSA) is 38.3 Å². The first-order valence-electron chi connectivity index (χ1n) is 5.61. The maximum Gasteiger partial charge on any atom is 0.256 e. The predicted octanol–water partition coefficient (Wildman–Crippen LogP) is 4.61. The van der Waals surface area contributed by atoms with Crippen molar-refractivity contribution < 1.29 is 13.9 Å². The van der Waals surface area contributed by atoms with Crippen LogP contribution in [0.1, 0.15) is 10.4 Å². The Morgan fingerprint density at radius 3 is 2.65 bits per heavy atom. The summed E-state index contributed by atoms with van der Waals surface area (Å²) in [6.45, 7) is 0. The molecule has 2 aromatic carbocycles. The van der Waals surface area contributed by atoms with Gasteiger partial charge >= 0.3 is 0 Å². The van der Waals surface area contributed by atoms with Gasteiger partial charge in [-0.15, -0.1) is 0 Å². The molecule has 0 spiro atoms. The highest BCUT2D eigenvalue weighted by molar-refractivity contribution is 9.11. The molecule has 0 saturated carbocycles. The van der Waals surface area contributed by atoms with Crippen LogP contribution in [0.2, 0.25) is 0 Å². The normalized spacial score (nSPS) is 10.2. The second-order valence-corrected chi connectivity index (χ2v) is 5.69. The molecule has 3 nitrogen and oxygen atoms in total. The Balaban J connectivity index is 2.30. The summed E-state index contributed by atoms with van der Waals surface area (Å²) in [5, 5.41) is 2.69. The number of ether oxygens (including phenoxy) is 1. The number of hydrogen-bond acceptors (Lipinski definition) is 2. The van der Waals surface area contributed by atoms with Crippen LogP contribution in [0.25, 0.3) is 0 Å². The number of nitrogens with one attached hydrogen (secondary N) is 1. The van der Waals surface area contributed by atoms with Crippen LogP contribution >= 0.6 is 31.9 Å². The van der Waals surface area contributed by atoms with Gasteiger partial charge in [0.05, 0.1) is 18.4 Å². The predicted molar refractivity (Wildman–Crippen MR) is 82.7 cm³/mol. The fraction of sp³-hybridized carbons (Fsp3) is 0.0714. The molecule has 0 aromatic heterocycles. The minimum absolute atomic E-state index is 0.268. The molecule has 1 N–H and O–H groups in total. The van der Waals surface area contributed by atoms with Crippen LogP contribution in [0.4, 0.5) is 10.1 Å². The van der Waals surface area contributed by atoms with Crippen molar-refractivity contribution in [3.05, 3.63) is 56.7 Å². The first-order valence-corrected chi connectivity index (χ1v) is 7.20. The van der Waals surface area contributed by atoms with Crippen LogP contribution in [0, 0.1) is 5.82 Å². The first-order chi connectivity index (χ1) is 9.51. The first kappa shape index (κ1) is 15.0. The van der Waals surface area contributed by atoms with Crippen molar-refractivity contribution >= 4 is 43.5 Å². The summed E-state index contributed by atoms with van der Waals surface area (Å²) < 4.78 is 19.6. The highest BCUT2D eigenvalue weighted by Crippen LogP contribution is 2.27. The lowest BCUT2D eigenvalue weighted by Crippen LogP contribution is -2.13. The zero-order valence-corrected chi connectivity index (χ0v) is 13.6. The van der Waals surface area contributed by atoms with Gasteiger partial charge in [0.2, 0.25) is 0 Å². The smallest absolute Gasteiger partial charge is 0.256 e. The minimum atomic E-state index is -0.427. The Hall–Kier alpha value is -1.40. The third kappa shape index (κ3) is 3.37. The van der Waals surface area contributed by atoms with Crippen molar-refractivity contribution in [2.75, 3.05) is 12.4 Å². The van der Waals surface area contributed by atoms with E-state index in [4.69, 9.17) is 4.74 Å². The van der Waals surface area contributed by atoms with Crippen LogP contribution < -0.4 is 10.1 Å². The van der Waals surface area contributed by atoms with Gasteiger partial charge in [-0.05, 0) is 46.3 Å². The van der Waals surface area contributed by atoms with Gasteiger partial charge in [0, 0.05) is 15.0 Å². The van der Waals surface area contributed by atoms with Gasteiger partial charge < -0.3 is 10.1 Å². The summed E-state index contributed by atoms with van der Waals surface area (Å²) in [5.74, 6) is -0.476. The van der Waals surface area contributed by atoms with Crippen LogP contribution in [0.3, 0.4) is 0 Å². The summed E-state index contributed by atoms with van der Waals surface area (Å²) >= 11 is 6.63. The monoisotopic (exact) mass is 401 g/mol. The van der Waals surface area contributed by atoms with Crippen molar-refractivity contribution in [2.24, 2.45) is 0 Å². The Kier molecular flexibility index (Phi) is 4.77. The van der Waals surface area contributed by atoms with Crippen LogP contribution in [-0.4, -0.2) is 13.0 Å². The minimum Gasteiger partial charge on any atom is -0.494 e. The van der Waals surface area contributed by atoms with Crippen LogP contribution in [-0.2, 0) is 0 Å². The van der Waals surface area contributed by atoms with Crippen molar-refractivity contribution in [3.8, 4) is 5.75 Å². The molecule has 0 aliphatic rings. The highest BCUT2D eigenvalue weighted by Gasteiger charge is 2.13. The molecule has 0 unspecified atom stereocenters. The zero-order chi connectivity index (χ0) is 14.7. The second kappa shape index (κ2) is 6.37. The fourth-order valence-electron chi connectivity index (χ4n) is 1.63. The molecule has 0 bridgehead atoms. The molecule has 0 saturated heterocycles. The lowest BCUT2D eigenvalue weighted by molar-refractivity contribution is 0.102. The number of amides is 1. The number of carbonyl (C=O) groups excluding carboxylic acids is 1. The van der Waals surface area contributed by atoms with Crippen molar-refractivity contribution in [1.29, 1.82) is 0 Å². The molecule has 104 valence electrons. The Labute approximate surface area is 132 Å². The Morgan fingerprint density at radius 2 is 1.95 bits per heavy atom. The van der Waals surface area contributed by atoms with Gasteiger partial charge in [-0.25, -0.2) is 4.39 Å². The van der Waals surface area contributed by atoms with Crippen molar-refractivity contribution in [3.63, 3.8) is 0 Å². The van der Waals surface area contributed by atoms with Crippen molar-refractivity contribution in [2.45, 2.75) is 0 Å². The molecule has 2 rings (SSSR count). The summed E-state index contributed by atoms with van der Waals surface area (Å²) in [5.41, 5.74) is 0.872. The number of methoxy groups -OCH3 is 1. The third-order valence-electron chi connectivity index (χ3n) is 2.58. The molecule has 0 aliphatic carbocycles. The molecule has 0 atom stereocenters. The fourth-order valence-corrected chi connectivity index (χ4v) is 2.42. The molecule has 0 aliphatic heterocycles.